The summed E-state index contributed by atoms with van der Waals surface area (Å²) < 4.78 is 27.7. The third kappa shape index (κ3) is 4.45. The molecule has 0 bridgehead atoms. The zero-order valence-corrected chi connectivity index (χ0v) is 16.7. The Morgan fingerprint density at radius 1 is 1.22 bits per heavy atom. The van der Waals surface area contributed by atoms with E-state index in [4.69, 9.17) is 5.11 Å². The van der Waals surface area contributed by atoms with E-state index in [9.17, 15) is 18.0 Å². The molecule has 2 rings (SSSR count). The Morgan fingerprint density at radius 2 is 1.89 bits per heavy atom. The molecule has 27 heavy (non-hydrogen) atoms. The average Bonchev–Trinajstić information content (AvgIpc) is 2.95. The average molecular weight is 396 g/mol. The van der Waals surface area contributed by atoms with Gasteiger partial charge in [0.15, 0.2) is 0 Å². The third-order valence-corrected chi connectivity index (χ3v) is 6.07. The summed E-state index contributed by atoms with van der Waals surface area (Å²) in [5, 5.41) is 8.76. The molecule has 0 spiro atoms. The molecular weight excluding hydrogens is 372 g/mol. The number of carbonyl (C=O) groups excluding carboxylic acids is 1. The molecule has 0 unspecified atom stereocenters. The standard InChI is InChI=1S/C17H24N4O5S/c1-5-21-14-7-6-12(27(25,26)19(2)3)10-13(14)18-15(21)8-9-16(22)20(4)11-17(23)24/h6-7,10H,5,8-9,11H2,1-4H3,(H,23,24). The van der Waals surface area contributed by atoms with Crippen molar-refractivity contribution in [2.75, 3.05) is 27.7 Å². The zero-order valence-electron chi connectivity index (χ0n) is 15.8. The monoisotopic (exact) mass is 396 g/mol. The maximum absolute atomic E-state index is 12.3. The minimum atomic E-state index is -3.56. The Labute approximate surface area is 158 Å². The number of hydrogen-bond donors (Lipinski definition) is 1. The van der Waals surface area contributed by atoms with Gasteiger partial charge in [0.1, 0.15) is 12.4 Å². The number of benzene rings is 1. The molecule has 0 fully saturated rings. The lowest BCUT2D eigenvalue weighted by Crippen LogP contribution is -2.32. The molecular formula is C17H24N4O5S. The van der Waals surface area contributed by atoms with E-state index in [0.29, 0.717) is 24.3 Å². The zero-order chi connectivity index (χ0) is 20.4. The summed E-state index contributed by atoms with van der Waals surface area (Å²) in [6.07, 6.45) is 0.455. The molecule has 0 atom stereocenters. The van der Waals surface area contributed by atoms with Crippen molar-refractivity contribution in [1.82, 2.24) is 18.8 Å². The number of carboxylic acids is 1. The van der Waals surface area contributed by atoms with E-state index >= 15 is 0 Å². The molecule has 1 heterocycles. The van der Waals surface area contributed by atoms with Crippen LogP contribution in [0.1, 0.15) is 19.2 Å². The van der Waals surface area contributed by atoms with Crippen LogP contribution in [0, 0.1) is 0 Å². The predicted molar refractivity (Wildman–Crippen MR) is 99.9 cm³/mol. The van der Waals surface area contributed by atoms with E-state index in [2.05, 4.69) is 4.98 Å². The van der Waals surface area contributed by atoms with Gasteiger partial charge < -0.3 is 14.6 Å². The van der Waals surface area contributed by atoms with Crippen molar-refractivity contribution < 1.29 is 23.1 Å². The van der Waals surface area contributed by atoms with Gasteiger partial charge in [-0.3, -0.25) is 9.59 Å². The molecule has 9 nitrogen and oxygen atoms in total. The Balaban J connectivity index is 2.30. The molecule has 1 aromatic heterocycles. The van der Waals surface area contributed by atoms with Gasteiger partial charge in [-0.2, -0.15) is 0 Å². The van der Waals surface area contributed by atoms with Gasteiger partial charge in [-0.05, 0) is 25.1 Å². The molecule has 2 aromatic rings. The van der Waals surface area contributed by atoms with Crippen molar-refractivity contribution in [3.8, 4) is 0 Å². The first-order chi connectivity index (χ1) is 12.6. The molecule has 0 radical (unpaired) electrons. The number of aliphatic carboxylic acids is 1. The highest BCUT2D eigenvalue weighted by atomic mass is 32.2. The maximum Gasteiger partial charge on any atom is 0.323 e. The second kappa shape index (κ2) is 8.05. The Hall–Kier alpha value is -2.46. The van der Waals surface area contributed by atoms with E-state index in [0.717, 1.165) is 14.7 Å². The molecule has 148 valence electrons. The number of rotatable bonds is 8. The van der Waals surface area contributed by atoms with Gasteiger partial charge in [0.25, 0.3) is 0 Å². The molecule has 1 aromatic carbocycles. The van der Waals surface area contributed by atoms with Gasteiger partial charge in [-0.1, -0.05) is 0 Å². The van der Waals surface area contributed by atoms with Crippen LogP contribution in [0.25, 0.3) is 11.0 Å². The molecule has 0 saturated heterocycles. The largest absolute Gasteiger partial charge is 0.480 e. The lowest BCUT2D eigenvalue weighted by atomic mass is 10.2. The molecule has 0 saturated carbocycles. The number of aryl methyl sites for hydroxylation is 2. The number of imidazole rings is 1. The summed E-state index contributed by atoms with van der Waals surface area (Å²) in [5.74, 6) is -0.701. The van der Waals surface area contributed by atoms with Crippen LogP contribution in [0.3, 0.4) is 0 Å². The van der Waals surface area contributed by atoms with Crippen molar-refractivity contribution in [2.45, 2.75) is 31.2 Å². The number of nitrogens with zero attached hydrogens (tertiary/aromatic N) is 4. The highest BCUT2D eigenvalue weighted by Gasteiger charge is 2.20. The normalized spacial score (nSPS) is 11.9. The number of amides is 1. The van der Waals surface area contributed by atoms with Gasteiger partial charge in [0, 0.05) is 40.5 Å². The number of sulfonamides is 1. The molecule has 0 aliphatic heterocycles. The lowest BCUT2D eigenvalue weighted by Gasteiger charge is -2.14. The summed E-state index contributed by atoms with van der Waals surface area (Å²) >= 11 is 0. The van der Waals surface area contributed by atoms with Crippen molar-refractivity contribution in [3.63, 3.8) is 0 Å². The number of carboxylic acid groups (broad SMARTS) is 1. The van der Waals surface area contributed by atoms with E-state index in [1.165, 1.54) is 27.2 Å². The van der Waals surface area contributed by atoms with Crippen LogP contribution in [-0.2, 0) is 32.6 Å². The van der Waals surface area contributed by atoms with Crippen LogP contribution >= 0.6 is 0 Å². The second-order valence-electron chi connectivity index (χ2n) is 6.35. The summed E-state index contributed by atoms with van der Waals surface area (Å²) in [7, 11) is 0.817. The predicted octanol–water partition coefficient (Wildman–Crippen LogP) is 0.782. The van der Waals surface area contributed by atoms with Crippen molar-refractivity contribution in [1.29, 1.82) is 0 Å². The van der Waals surface area contributed by atoms with Gasteiger partial charge in [0.05, 0.1) is 15.9 Å². The fourth-order valence-electron chi connectivity index (χ4n) is 2.78. The second-order valence-corrected chi connectivity index (χ2v) is 8.51. The first-order valence-electron chi connectivity index (χ1n) is 8.45. The third-order valence-electron chi connectivity index (χ3n) is 4.25. The Kier molecular flexibility index (Phi) is 6.22. The first kappa shape index (κ1) is 20.8. The smallest absolute Gasteiger partial charge is 0.323 e. The van der Waals surface area contributed by atoms with Crippen molar-refractivity contribution in [3.05, 3.63) is 24.0 Å². The van der Waals surface area contributed by atoms with Crippen LogP contribution in [-0.4, -0.2) is 71.8 Å². The maximum atomic E-state index is 12.3. The van der Waals surface area contributed by atoms with Gasteiger partial charge in [-0.15, -0.1) is 0 Å². The Morgan fingerprint density at radius 3 is 2.44 bits per heavy atom. The molecule has 10 heteroatoms. The highest BCUT2D eigenvalue weighted by Crippen LogP contribution is 2.22. The van der Waals surface area contributed by atoms with Crippen LogP contribution in [0.15, 0.2) is 23.1 Å². The van der Waals surface area contributed by atoms with Crippen molar-refractivity contribution in [2.24, 2.45) is 0 Å². The quantitative estimate of drug-likeness (QED) is 0.706. The molecule has 0 aliphatic rings. The fourth-order valence-corrected chi connectivity index (χ4v) is 3.70. The summed E-state index contributed by atoms with van der Waals surface area (Å²) in [6, 6.07) is 4.78. The number of hydrogen-bond acceptors (Lipinski definition) is 5. The Bertz CT molecular complexity index is 965. The lowest BCUT2D eigenvalue weighted by molar-refractivity contribution is -0.143. The number of carbonyl (C=O) groups is 2. The van der Waals surface area contributed by atoms with Crippen molar-refractivity contribution >= 4 is 32.9 Å². The molecule has 1 amide bonds. The summed E-state index contributed by atoms with van der Waals surface area (Å²) in [4.78, 5) is 28.6. The van der Waals surface area contributed by atoms with Gasteiger partial charge >= 0.3 is 5.97 Å². The topological polar surface area (TPSA) is 113 Å². The number of likely N-dealkylation sites (N-methyl/N-ethyl adjacent to an activating group) is 1. The van der Waals surface area contributed by atoms with Crippen LogP contribution in [0.5, 0.6) is 0 Å². The highest BCUT2D eigenvalue weighted by molar-refractivity contribution is 7.89. The summed E-state index contributed by atoms with van der Waals surface area (Å²) in [6.45, 7) is 2.20. The van der Waals surface area contributed by atoms with Gasteiger partial charge in [-0.25, -0.2) is 17.7 Å². The molecule has 0 aliphatic carbocycles. The number of aromatic nitrogens is 2. The van der Waals surface area contributed by atoms with Crippen LogP contribution in [0.4, 0.5) is 0 Å². The first-order valence-corrected chi connectivity index (χ1v) is 9.89. The SMILES string of the molecule is CCn1c(CCC(=O)N(C)CC(=O)O)nc2cc(S(=O)(=O)N(C)C)ccc21. The van der Waals surface area contributed by atoms with E-state index in [-0.39, 0.29) is 23.8 Å². The summed E-state index contributed by atoms with van der Waals surface area (Å²) in [5.41, 5.74) is 1.33. The van der Waals surface area contributed by atoms with E-state index < -0.39 is 16.0 Å². The fraction of sp³-hybridized carbons (Fsp3) is 0.471. The van der Waals surface area contributed by atoms with E-state index in [1.807, 2.05) is 11.5 Å². The minimum absolute atomic E-state index is 0.121. The van der Waals surface area contributed by atoms with Gasteiger partial charge in [0.2, 0.25) is 15.9 Å². The van der Waals surface area contributed by atoms with Crippen LogP contribution in [0.2, 0.25) is 0 Å². The van der Waals surface area contributed by atoms with Crippen LogP contribution < -0.4 is 0 Å². The molecule has 1 N–H and O–H groups in total. The van der Waals surface area contributed by atoms with E-state index in [1.54, 1.807) is 12.1 Å². The number of fused-ring (bicyclic) bond motifs is 1. The minimum Gasteiger partial charge on any atom is -0.480 e.